The van der Waals surface area contributed by atoms with E-state index in [1.54, 1.807) is 14.0 Å². The molecule has 4 rings (SSSR count). The lowest BCUT2D eigenvalue weighted by atomic mass is 9.84. The molecule has 0 aromatic carbocycles. The molecule has 0 saturated heterocycles. The van der Waals surface area contributed by atoms with E-state index >= 15 is 0 Å². The third-order valence-corrected chi connectivity index (χ3v) is 7.55. The summed E-state index contributed by atoms with van der Waals surface area (Å²) in [4.78, 5) is 23.0. The number of fused-ring (bicyclic) bond motifs is 1. The molecule has 178 valence electrons. The summed E-state index contributed by atoms with van der Waals surface area (Å²) in [5.74, 6) is 2.24. The van der Waals surface area contributed by atoms with Crippen molar-refractivity contribution in [2.75, 3.05) is 26.8 Å². The van der Waals surface area contributed by atoms with E-state index in [2.05, 4.69) is 20.2 Å². The highest BCUT2D eigenvalue weighted by Crippen LogP contribution is 2.31. The topological polar surface area (TPSA) is 76.6 Å². The van der Waals surface area contributed by atoms with E-state index in [1.807, 2.05) is 0 Å². The van der Waals surface area contributed by atoms with Crippen molar-refractivity contribution in [3.8, 4) is 11.9 Å². The summed E-state index contributed by atoms with van der Waals surface area (Å²) in [5.41, 5.74) is 2.24. The maximum atomic E-state index is 11.3. The molecule has 0 atom stereocenters. The van der Waals surface area contributed by atoms with Gasteiger partial charge in [0.2, 0.25) is 11.8 Å². The minimum Gasteiger partial charge on any atom is -0.477 e. The molecule has 2 heterocycles. The zero-order valence-corrected chi connectivity index (χ0v) is 19.9. The number of nitrogens with zero attached hydrogens (tertiary/aromatic N) is 3. The summed E-state index contributed by atoms with van der Waals surface area (Å²) in [6.07, 6.45) is 13.3. The van der Waals surface area contributed by atoms with Gasteiger partial charge in [0.15, 0.2) is 0 Å². The van der Waals surface area contributed by atoms with Crippen molar-refractivity contribution < 1.29 is 14.3 Å². The molecule has 7 heteroatoms. The second kappa shape index (κ2) is 11.3. The first kappa shape index (κ1) is 23.3. The number of carbonyl (C=O) groups excluding carboxylic acids is 1. The molecule has 1 aromatic rings. The first-order valence-electron chi connectivity index (χ1n) is 12.7. The Labute approximate surface area is 192 Å². The van der Waals surface area contributed by atoms with Crippen LogP contribution >= 0.6 is 0 Å². The molecule has 2 aliphatic carbocycles. The van der Waals surface area contributed by atoms with E-state index in [0.717, 1.165) is 68.6 Å². The highest BCUT2D eigenvalue weighted by atomic mass is 16.5. The van der Waals surface area contributed by atoms with E-state index in [1.165, 1.54) is 51.4 Å². The lowest BCUT2D eigenvalue weighted by Gasteiger charge is -2.33. The van der Waals surface area contributed by atoms with Crippen LogP contribution in [-0.4, -0.2) is 53.6 Å². The van der Waals surface area contributed by atoms with Gasteiger partial charge in [-0.05, 0) is 63.3 Å². The van der Waals surface area contributed by atoms with E-state index in [4.69, 9.17) is 9.47 Å². The summed E-state index contributed by atoms with van der Waals surface area (Å²) in [6, 6.07) is 0.799. The Kier molecular flexibility index (Phi) is 8.22. The molecular formula is C25H40N4O3. The second-order valence-electron chi connectivity index (χ2n) is 9.99. The lowest BCUT2D eigenvalue weighted by Crippen LogP contribution is -2.37. The van der Waals surface area contributed by atoms with Crippen LogP contribution in [0.3, 0.4) is 0 Å². The number of aromatic nitrogens is 2. The van der Waals surface area contributed by atoms with Gasteiger partial charge in [-0.2, -0.15) is 9.97 Å². The fourth-order valence-corrected chi connectivity index (χ4v) is 5.62. The van der Waals surface area contributed by atoms with Crippen molar-refractivity contribution in [3.63, 3.8) is 0 Å². The maximum absolute atomic E-state index is 11.3. The van der Waals surface area contributed by atoms with Gasteiger partial charge in [0.25, 0.3) is 0 Å². The summed E-state index contributed by atoms with van der Waals surface area (Å²) in [7, 11) is 1.63. The quantitative estimate of drug-likeness (QED) is 0.656. The smallest absolute Gasteiger partial charge is 0.319 e. The normalized spacial score (nSPS) is 24.6. The molecule has 0 unspecified atom stereocenters. The molecule has 1 amide bonds. The molecule has 3 aliphatic rings. The highest BCUT2D eigenvalue weighted by molar-refractivity contribution is 5.73. The van der Waals surface area contributed by atoms with Crippen LogP contribution in [0.2, 0.25) is 0 Å². The number of hydrogen-bond donors (Lipinski definition) is 1. The van der Waals surface area contributed by atoms with Gasteiger partial charge in [-0.25, -0.2) is 0 Å². The van der Waals surface area contributed by atoms with Gasteiger partial charge in [0, 0.05) is 32.5 Å². The Morgan fingerprint density at radius 1 is 1.06 bits per heavy atom. The van der Waals surface area contributed by atoms with Crippen LogP contribution in [0.5, 0.6) is 11.9 Å². The number of ether oxygens (including phenoxy) is 2. The summed E-state index contributed by atoms with van der Waals surface area (Å²) in [5, 5.41) is 3.08. The standard InChI is InChI=1S/C25H40N4O3/c1-18(30)26-21-10-8-19(9-11-21)12-14-29-15-13-23-22(16-29)24(28-25(27-23)31-2)32-17-20-6-4-3-5-7-20/h19-21H,3-17H2,1-2H3,(H,26,30). The number of nitrogens with one attached hydrogen (secondary N) is 1. The predicted octanol–water partition coefficient (Wildman–Crippen LogP) is 3.89. The summed E-state index contributed by atoms with van der Waals surface area (Å²) in [6.45, 7) is 5.36. The second-order valence-corrected chi connectivity index (χ2v) is 9.99. The average molecular weight is 445 g/mol. The van der Waals surface area contributed by atoms with Gasteiger partial charge in [-0.3, -0.25) is 9.69 Å². The van der Waals surface area contributed by atoms with E-state index in [9.17, 15) is 4.79 Å². The molecular weight excluding hydrogens is 404 g/mol. The minimum atomic E-state index is 0.0980. The van der Waals surface area contributed by atoms with Crippen molar-refractivity contribution in [3.05, 3.63) is 11.3 Å². The largest absolute Gasteiger partial charge is 0.477 e. The first-order chi connectivity index (χ1) is 15.6. The zero-order chi connectivity index (χ0) is 22.3. The molecule has 0 spiro atoms. The van der Waals surface area contributed by atoms with Crippen molar-refractivity contribution in [1.29, 1.82) is 0 Å². The van der Waals surface area contributed by atoms with Crippen LogP contribution in [0.1, 0.15) is 82.4 Å². The molecule has 1 aromatic heterocycles. The third-order valence-electron chi connectivity index (χ3n) is 7.55. The monoisotopic (exact) mass is 444 g/mol. The number of amides is 1. The van der Waals surface area contributed by atoms with Crippen LogP contribution in [0, 0.1) is 11.8 Å². The number of hydrogen-bond acceptors (Lipinski definition) is 6. The van der Waals surface area contributed by atoms with E-state index < -0.39 is 0 Å². The van der Waals surface area contributed by atoms with Crippen molar-refractivity contribution in [2.24, 2.45) is 11.8 Å². The van der Waals surface area contributed by atoms with Gasteiger partial charge in [0.1, 0.15) is 0 Å². The molecule has 32 heavy (non-hydrogen) atoms. The van der Waals surface area contributed by atoms with Gasteiger partial charge < -0.3 is 14.8 Å². The number of methoxy groups -OCH3 is 1. The summed E-state index contributed by atoms with van der Waals surface area (Å²) < 4.78 is 11.6. The summed E-state index contributed by atoms with van der Waals surface area (Å²) >= 11 is 0. The Balaban J connectivity index is 1.31. The zero-order valence-electron chi connectivity index (χ0n) is 19.9. The SMILES string of the molecule is COc1nc2c(c(OCC3CCCCC3)n1)CN(CCC1CCC(NC(C)=O)CC1)CC2. The van der Waals surface area contributed by atoms with E-state index in [-0.39, 0.29) is 5.91 Å². The fourth-order valence-electron chi connectivity index (χ4n) is 5.62. The molecule has 0 bridgehead atoms. The Hall–Kier alpha value is -1.89. The van der Waals surface area contributed by atoms with Crippen molar-refractivity contribution in [1.82, 2.24) is 20.2 Å². The molecule has 1 N–H and O–H groups in total. The molecule has 2 fully saturated rings. The van der Waals surface area contributed by atoms with E-state index in [0.29, 0.717) is 18.0 Å². The van der Waals surface area contributed by atoms with Crippen LogP contribution in [0.4, 0.5) is 0 Å². The first-order valence-corrected chi connectivity index (χ1v) is 12.7. The number of carbonyl (C=O) groups is 1. The molecule has 1 aliphatic heterocycles. The average Bonchev–Trinajstić information content (AvgIpc) is 2.82. The Bertz CT molecular complexity index is 758. The van der Waals surface area contributed by atoms with Crippen LogP contribution in [0.15, 0.2) is 0 Å². The minimum absolute atomic E-state index is 0.0980. The Morgan fingerprint density at radius 3 is 2.56 bits per heavy atom. The molecule has 0 radical (unpaired) electrons. The van der Waals surface area contributed by atoms with Gasteiger partial charge >= 0.3 is 6.01 Å². The van der Waals surface area contributed by atoms with Gasteiger partial charge in [0.05, 0.1) is 25.0 Å². The van der Waals surface area contributed by atoms with Crippen molar-refractivity contribution >= 4 is 5.91 Å². The van der Waals surface area contributed by atoms with Crippen LogP contribution in [-0.2, 0) is 17.8 Å². The molecule has 2 saturated carbocycles. The van der Waals surface area contributed by atoms with Crippen LogP contribution in [0.25, 0.3) is 0 Å². The van der Waals surface area contributed by atoms with Crippen LogP contribution < -0.4 is 14.8 Å². The van der Waals surface area contributed by atoms with Gasteiger partial charge in [-0.15, -0.1) is 0 Å². The third kappa shape index (κ3) is 6.33. The van der Waals surface area contributed by atoms with Crippen molar-refractivity contribution in [2.45, 2.75) is 90.1 Å². The number of rotatable bonds is 8. The lowest BCUT2D eigenvalue weighted by molar-refractivity contribution is -0.119. The highest BCUT2D eigenvalue weighted by Gasteiger charge is 2.27. The molecule has 7 nitrogen and oxygen atoms in total. The maximum Gasteiger partial charge on any atom is 0.319 e. The van der Waals surface area contributed by atoms with Gasteiger partial charge in [-0.1, -0.05) is 19.3 Å². The Morgan fingerprint density at radius 2 is 1.84 bits per heavy atom. The predicted molar refractivity (Wildman–Crippen MR) is 124 cm³/mol. The fraction of sp³-hybridized carbons (Fsp3) is 0.800.